The van der Waals surface area contributed by atoms with Crippen LogP contribution in [0, 0.1) is 0 Å². The molecule has 1 N–H and O–H groups in total. The lowest BCUT2D eigenvalue weighted by Crippen LogP contribution is -1.94. The zero-order chi connectivity index (χ0) is 8.27. The zero-order valence-electron chi connectivity index (χ0n) is 6.42. The molecule has 1 atom stereocenters. The summed E-state index contributed by atoms with van der Waals surface area (Å²) >= 11 is 5.68. The molecule has 0 heterocycles. The summed E-state index contributed by atoms with van der Waals surface area (Å²) in [6, 6.07) is 7.26. The molecule has 0 spiro atoms. The van der Waals surface area contributed by atoms with E-state index < -0.39 is 0 Å². The van der Waals surface area contributed by atoms with Crippen molar-refractivity contribution in [2.45, 2.75) is 12.4 Å². The molecule has 0 aliphatic heterocycles. The summed E-state index contributed by atoms with van der Waals surface area (Å²) in [5, 5.41) is 10.1. The number of hydrogen-bond acceptors (Lipinski definition) is 1. The number of halogens is 1. The molecule has 0 bridgehead atoms. The molecule has 0 saturated heterocycles. The summed E-state index contributed by atoms with van der Waals surface area (Å²) in [6.45, 7) is 0. The average Bonchev–Trinajstić information content (AvgIpc) is 2.05. The smallest absolute Gasteiger partial charge is 0.105 e. The molecule has 0 amide bonds. The molecule has 1 aromatic rings. The molecule has 0 fully saturated rings. The highest BCUT2D eigenvalue weighted by atomic mass is 35.5. The van der Waals surface area contributed by atoms with Gasteiger partial charge in [-0.3, -0.25) is 0 Å². The monoisotopic (exact) mass is 168 g/mol. The standard InChI is InChI=1S/C8H10BClO/c9-5-8(11)6-1-3-7(10)4-2-6/h1-4,8,11H,5,9H2/t8-/m0/s1. The first kappa shape index (κ1) is 8.63. The Hall–Kier alpha value is -0.465. The third-order valence-corrected chi connectivity index (χ3v) is 1.89. The molecule has 1 nitrogen and oxygen atoms in total. The Morgan fingerprint density at radius 2 is 1.91 bits per heavy atom. The molecule has 0 aromatic heterocycles. The minimum Gasteiger partial charge on any atom is -0.389 e. The summed E-state index contributed by atoms with van der Waals surface area (Å²) < 4.78 is 0. The Morgan fingerprint density at radius 1 is 1.36 bits per heavy atom. The van der Waals surface area contributed by atoms with Crippen LogP contribution < -0.4 is 0 Å². The molecule has 1 rings (SSSR count). The average molecular weight is 168 g/mol. The predicted octanol–water partition coefficient (Wildman–Crippen LogP) is 1.42. The highest BCUT2D eigenvalue weighted by Gasteiger charge is 2.02. The third-order valence-electron chi connectivity index (χ3n) is 1.64. The molecular weight excluding hydrogens is 158 g/mol. The van der Waals surface area contributed by atoms with Gasteiger partial charge >= 0.3 is 0 Å². The second-order valence-electron chi connectivity index (χ2n) is 2.48. The number of hydrogen-bond donors (Lipinski definition) is 1. The summed E-state index contributed by atoms with van der Waals surface area (Å²) in [7, 11) is 1.94. The fourth-order valence-electron chi connectivity index (χ4n) is 0.921. The Kier molecular flexibility index (Phi) is 2.97. The van der Waals surface area contributed by atoms with Crippen LogP contribution in [0.4, 0.5) is 0 Å². The van der Waals surface area contributed by atoms with E-state index in [1.807, 2.05) is 20.0 Å². The molecule has 0 radical (unpaired) electrons. The van der Waals surface area contributed by atoms with E-state index in [9.17, 15) is 5.11 Å². The van der Waals surface area contributed by atoms with Gasteiger partial charge in [0.2, 0.25) is 0 Å². The van der Waals surface area contributed by atoms with E-state index in [4.69, 9.17) is 11.6 Å². The van der Waals surface area contributed by atoms with Gasteiger partial charge in [0.1, 0.15) is 7.85 Å². The zero-order valence-corrected chi connectivity index (χ0v) is 7.17. The van der Waals surface area contributed by atoms with Crippen molar-refractivity contribution in [2.24, 2.45) is 0 Å². The molecule has 58 valence electrons. The quantitative estimate of drug-likeness (QED) is 0.662. The van der Waals surface area contributed by atoms with Gasteiger partial charge in [-0.25, -0.2) is 0 Å². The van der Waals surface area contributed by atoms with Gasteiger partial charge in [0.05, 0.1) is 6.10 Å². The molecule has 0 aliphatic rings. The fourth-order valence-corrected chi connectivity index (χ4v) is 1.05. The SMILES string of the molecule is BC[C@H](O)c1ccc(Cl)cc1. The van der Waals surface area contributed by atoms with Crippen molar-refractivity contribution in [1.82, 2.24) is 0 Å². The number of benzene rings is 1. The van der Waals surface area contributed by atoms with Crippen LogP contribution in [0.15, 0.2) is 24.3 Å². The Balaban J connectivity index is 2.81. The second kappa shape index (κ2) is 3.79. The van der Waals surface area contributed by atoms with Crippen molar-refractivity contribution in [3.05, 3.63) is 34.9 Å². The first-order valence-electron chi connectivity index (χ1n) is 3.67. The van der Waals surface area contributed by atoms with Crippen molar-refractivity contribution in [3.63, 3.8) is 0 Å². The Morgan fingerprint density at radius 3 is 2.36 bits per heavy atom. The van der Waals surface area contributed by atoms with Gasteiger partial charge in [-0.05, 0) is 17.7 Å². The molecule has 1 aromatic carbocycles. The van der Waals surface area contributed by atoms with Gasteiger partial charge in [-0.15, -0.1) is 0 Å². The maximum atomic E-state index is 9.38. The van der Waals surface area contributed by atoms with Crippen LogP contribution in [-0.4, -0.2) is 13.0 Å². The molecular formula is C8H10BClO. The predicted molar refractivity (Wildman–Crippen MR) is 49.8 cm³/mol. The summed E-state index contributed by atoms with van der Waals surface area (Å²) in [5.41, 5.74) is 0.928. The summed E-state index contributed by atoms with van der Waals surface area (Å²) in [4.78, 5) is 0. The van der Waals surface area contributed by atoms with Gasteiger partial charge < -0.3 is 5.11 Å². The van der Waals surface area contributed by atoms with Crippen LogP contribution in [0.3, 0.4) is 0 Å². The van der Waals surface area contributed by atoms with E-state index in [-0.39, 0.29) is 6.10 Å². The van der Waals surface area contributed by atoms with Crippen molar-refractivity contribution >= 4 is 19.4 Å². The number of aliphatic hydroxyl groups excluding tert-OH is 1. The normalized spacial score (nSPS) is 12.9. The largest absolute Gasteiger partial charge is 0.389 e. The minimum atomic E-state index is -0.354. The van der Waals surface area contributed by atoms with Crippen molar-refractivity contribution in [2.75, 3.05) is 0 Å². The minimum absolute atomic E-state index is 0.354. The van der Waals surface area contributed by atoms with Crippen molar-refractivity contribution < 1.29 is 5.11 Å². The Bertz CT molecular complexity index is 222. The number of aliphatic hydroxyl groups is 1. The van der Waals surface area contributed by atoms with Crippen molar-refractivity contribution in [1.29, 1.82) is 0 Å². The Labute approximate surface area is 72.4 Å². The highest BCUT2D eigenvalue weighted by Crippen LogP contribution is 2.17. The van der Waals surface area contributed by atoms with Crippen LogP contribution >= 0.6 is 11.6 Å². The van der Waals surface area contributed by atoms with E-state index in [1.54, 1.807) is 12.1 Å². The molecule has 0 saturated carbocycles. The molecule has 3 heteroatoms. The van der Waals surface area contributed by atoms with Crippen molar-refractivity contribution in [3.8, 4) is 0 Å². The van der Waals surface area contributed by atoms with Gasteiger partial charge in [0.25, 0.3) is 0 Å². The highest BCUT2D eigenvalue weighted by molar-refractivity contribution is 6.30. The first-order chi connectivity index (χ1) is 5.24. The van der Waals surface area contributed by atoms with Crippen LogP contribution in [0.5, 0.6) is 0 Å². The van der Waals surface area contributed by atoms with Gasteiger partial charge in [-0.1, -0.05) is 30.1 Å². The van der Waals surface area contributed by atoms with E-state index in [2.05, 4.69) is 0 Å². The summed E-state index contributed by atoms with van der Waals surface area (Å²) in [6.07, 6.45) is 0.383. The number of rotatable bonds is 2. The molecule has 0 unspecified atom stereocenters. The van der Waals surface area contributed by atoms with Crippen LogP contribution in [0.25, 0.3) is 0 Å². The van der Waals surface area contributed by atoms with Crippen LogP contribution in [0.2, 0.25) is 11.3 Å². The van der Waals surface area contributed by atoms with Crippen LogP contribution in [-0.2, 0) is 0 Å². The van der Waals surface area contributed by atoms with E-state index in [0.29, 0.717) is 5.02 Å². The maximum absolute atomic E-state index is 9.38. The first-order valence-corrected chi connectivity index (χ1v) is 4.05. The van der Waals surface area contributed by atoms with E-state index in [1.165, 1.54) is 0 Å². The van der Waals surface area contributed by atoms with Gasteiger partial charge in [0, 0.05) is 5.02 Å². The maximum Gasteiger partial charge on any atom is 0.105 e. The van der Waals surface area contributed by atoms with E-state index in [0.717, 1.165) is 11.9 Å². The van der Waals surface area contributed by atoms with E-state index >= 15 is 0 Å². The summed E-state index contributed by atoms with van der Waals surface area (Å²) in [5.74, 6) is 0. The van der Waals surface area contributed by atoms with Crippen LogP contribution in [0.1, 0.15) is 11.7 Å². The molecule has 11 heavy (non-hydrogen) atoms. The van der Waals surface area contributed by atoms with Gasteiger partial charge in [0.15, 0.2) is 0 Å². The van der Waals surface area contributed by atoms with Gasteiger partial charge in [-0.2, -0.15) is 0 Å². The fraction of sp³-hybridized carbons (Fsp3) is 0.250. The lowest BCUT2D eigenvalue weighted by Gasteiger charge is -2.06. The lowest BCUT2D eigenvalue weighted by atomic mass is 9.94. The second-order valence-corrected chi connectivity index (χ2v) is 2.91. The topological polar surface area (TPSA) is 20.2 Å². The third kappa shape index (κ3) is 2.24. The lowest BCUT2D eigenvalue weighted by molar-refractivity contribution is 0.200. The molecule has 0 aliphatic carbocycles.